The fourth-order valence-corrected chi connectivity index (χ4v) is 2.27. The number of nitrogen functional groups attached to an aromatic ring is 1. The molecule has 0 amide bonds. The van der Waals surface area contributed by atoms with E-state index in [0.29, 0.717) is 0 Å². The molecule has 0 unspecified atom stereocenters. The molecule has 4 heteroatoms. The average Bonchev–Trinajstić information content (AvgIpc) is 2.45. The molecule has 94 valence electrons. The second-order valence-electron chi connectivity index (χ2n) is 4.26. The summed E-state index contributed by atoms with van der Waals surface area (Å²) in [6.07, 6.45) is 3.56. The molecule has 1 heterocycles. The van der Waals surface area contributed by atoms with Gasteiger partial charge in [-0.15, -0.1) is 0 Å². The van der Waals surface area contributed by atoms with Gasteiger partial charge in [-0.25, -0.2) is 0 Å². The van der Waals surface area contributed by atoms with E-state index in [-0.39, 0.29) is 0 Å². The molecule has 0 aliphatic heterocycles. The highest BCUT2D eigenvalue weighted by Crippen LogP contribution is 2.29. The summed E-state index contributed by atoms with van der Waals surface area (Å²) in [4.78, 5) is 4.12. The molecule has 0 radical (unpaired) electrons. The Morgan fingerprint density at radius 2 is 1.74 bits per heavy atom. The molecule has 3 N–H and O–H groups in total. The molecule has 0 saturated carbocycles. The highest BCUT2D eigenvalue weighted by molar-refractivity contribution is 9.10. The summed E-state index contributed by atoms with van der Waals surface area (Å²) in [6.45, 7) is 0. The van der Waals surface area contributed by atoms with Gasteiger partial charge in [0.05, 0.1) is 0 Å². The van der Waals surface area contributed by atoms with Crippen LogP contribution in [0.4, 0.5) is 17.1 Å². The predicted molar refractivity (Wildman–Crippen MR) is 83.6 cm³/mol. The van der Waals surface area contributed by atoms with Crippen LogP contribution in [0.25, 0.3) is 10.8 Å². The number of hydrogen-bond acceptors (Lipinski definition) is 3. The summed E-state index contributed by atoms with van der Waals surface area (Å²) < 4.78 is 1.06. The summed E-state index contributed by atoms with van der Waals surface area (Å²) in [5.41, 5.74) is 8.76. The van der Waals surface area contributed by atoms with Gasteiger partial charge in [0.25, 0.3) is 0 Å². The predicted octanol–water partition coefficient (Wildman–Crippen LogP) is 4.32. The Morgan fingerprint density at radius 1 is 0.947 bits per heavy atom. The summed E-state index contributed by atoms with van der Waals surface area (Å²) in [5, 5.41) is 5.43. The molecule has 0 spiro atoms. The van der Waals surface area contributed by atoms with Crippen LogP contribution in [0.3, 0.4) is 0 Å². The fourth-order valence-electron chi connectivity index (χ4n) is 2.01. The zero-order valence-electron chi connectivity index (χ0n) is 10.1. The normalized spacial score (nSPS) is 10.6. The van der Waals surface area contributed by atoms with Crippen molar-refractivity contribution in [3.8, 4) is 0 Å². The molecule has 0 saturated heterocycles. The van der Waals surface area contributed by atoms with E-state index in [2.05, 4.69) is 26.2 Å². The minimum absolute atomic E-state index is 0.740. The van der Waals surface area contributed by atoms with E-state index in [0.717, 1.165) is 32.3 Å². The third-order valence-corrected chi connectivity index (χ3v) is 3.50. The SMILES string of the molecule is Nc1ccc(Nc2ccc(Br)cc2)c2ccncc12. The van der Waals surface area contributed by atoms with Crippen molar-refractivity contribution in [2.75, 3.05) is 11.1 Å². The van der Waals surface area contributed by atoms with Crippen molar-refractivity contribution in [1.29, 1.82) is 0 Å². The number of nitrogens with one attached hydrogen (secondary N) is 1. The van der Waals surface area contributed by atoms with Gasteiger partial charge in [-0.1, -0.05) is 15.9 Å². The molecule has 3 aromatic rings. The molecule has 3 rings (SSSR count). The first-order valence-corrected chi connectivity index (χ1v) is 6.68. The summed E-state index contributed by atoms with van der Waals surface area (Å²) in [5.74, 6) is 0. The minimum atomic E-state index is 0.740. The number of rotatable bonds is 2. The van der Waals surface area contributed by atoms with Gasteiger partial charge in [-0.2, -0.15) is 0 Å². The molecular weight excluding hydrogens is 302 g/mol. The molecule has 0 atom stereocenters. The van der Waals surface area contributed by atoms with Crippen LogP contribution in [0.5, 0.6) is 0 Å². The number of benzene rings is 2. The molecule has 0 aliphatic carbocycles. The summed E-state index contributed by atoms with van der Waals surface area (Å²) in [6, 6.07) is 13.9. The second kappa shape index (κ2) is 4.90. The van der Waals surface area contributed by atoms with Crippen LogP contribution in [0.1, 0.15) is 0 Å². The first-order valence-electron chi connectivity index (χ1n) is 5.89. The van der Waals surface area contributed by atoms with E-state index in [1.165, 1.54) is 0 Å². The Hall–Kier alpha value is -2.07. The second-order valence-corrected chi connectivity index (χ2v) is 5.17. The monoisotopic (exact) mass is 313 g/mol. The average molecular weight is 314 g/mol. The Balaban J connectivity index is 2.06. The Labute approximate surface area is 119 Å². The maximum Gasteiger partial charge on any atom is 0.0466 e. The Bertz CT molecular complexity index is 723. The van der Waals surface area contributed by atoms with Crippen molar-refractivity contribution < 1.29 is 0 Å². The number of nitrogens with two attached hydrogens (primary N) is 1. The van der Waals surface area contributed by atoms with E-state index in [1.807, 2.05) is 42.5 Å². The maximum absolute atomic E-state index is 5.96. The van der Waals surface area contributed by atoms with Crippen molar-refractivity contribution in [1.82, 2.24) is 4.98 Å². The fraction of sp³-hybridized carbons (Fsp3) is 0. The maximum atomic E-state index is 5.96. The van der Waals surface area contributed by atoms with Gasteiger partial charge in [-0.3, -0.25) is 4.98 Å². The molecule has 0 fully saturated rings. The summed E-state index contributed by atoms with van der Waals surface area (Å²) >= 11 is 3.43. The molecule has 19 heavy (non-hydrogen) atoms. The van der Waals surface area contributed by atoms with E-state index in [4.69, 9.17) is 5.73 Å². The van der Waals surface area contributed by atoms with Gasteiger partial charge in [0.1, 0.15) is 0 Å². The molecule has 2 aromatic carbocycles. The standard InChI is InChI=1S/C15H12BrN3/c16-10-1-3-11(4-2-10)19-15-6-5-14(17)13-9-18-8-7-12(13)15/h1-9,19H,17H2. The molecule has 3 nitrogen and oxygen atoms in total. The van der Waals surface area contributed by atoms with E-state index < -0.39 is 0 Å². The van der Waals surface area contributed by atoms with Crippen LogP contribution >= 0.6 is 15.9 Å². The van der Waals surface area contributed by atoms with Gasteiger partial charge in [0.15, 0.2) is 0 Å². The third-order valence-electron chi connectivity index (χ3n) is 2.98. The Morgan fingerprint density at radius 3 is 2.53 bits per heavy atom. The number of fused-ring (bicyclic) bond motifs is 1. The lowest BCUT2D eigenvalue weighted by atomic mass is 10.1. The third kappa shape index (κ3) is 2.39. The summed E-state index contributed by atoms with van der Waals surface area (Å²) in [7, 11) is 0. The molecule has 0 aliphatic rings. The highest BCUT2D eigenvalue weighted by atomic mass is 79.9. The van der Waals surface area contributed by atoms with Crippen molar-refractivity contribution in [2.45, 2.75) is 0 Å². The van der Waals surface area contributed by atoms with E-state index in [9.17, 15) is 0 Å². The highest BCUT2D eigenvalue weighted by Gasteiger charge is 2.04. The molecule has 0 bridgehead atoms. The van der Waals surface area contributed by atoms with Crippen LogP contribution in [0, 0.1) is 0 Å². The quantitative estimate of drug-likeness (QED) is 0.693. The van der Waals surface area contributed by atoms with Crippen LogP contribution in [0.15, 0.2) is 59.3 Å². The number of pyridine rings is 1. The molecular formula is C15H12BrN3. The van der Waals surface area contributed by atoms with Crippen LogP contribution in [-0.2, 0) is 0 Å². The lowest BCUT2D eigenvalue weighted by Crippen LogP contribution is -1.94. The van der Waals surface area contributed by atoms with E-state index >= 15 is 0 Å². The van der Waals surface area contributed by atoms with Gasteiger partial charge in [0, 0.05) is 44.7 Å². The minimum Gasteiger partial charge on any atom is -0.398 e. The smallest absolute Gasteiger partial charge is 0.0466 e. The van der Waals surface area contributed by atoms with Crippen LogP contribution in [-0.4, -0.2) is 4.98 Å². The van der Waals surface area contributed by atoms with Gasteiger partial charge in [0.2, 0.25) is 0 Å². The lowest BCUT2D eigenvalue weighted by Gasteiger charge is -2.11. The number of halogens is 1. The number of nitrogens with zero attached hydrogens (tertiary/aromatic N) is 1. The lowest BCUT2D eigenvalue weighted by molar-refractivity contribution is 1.36. The largest absolute Gasteiger partial charge is 0.398 e. The van der Waals surface area contributed by atoms with Crippen molar-refractivity contribution in [3.05, 3.63) is 59.3 Å². The number of hydrogen-bond donors (Lipinski definition) is 2. The van der Waals surface area contributed by atoms with E-state index in [1.54, 1.807) is 12.4 Å². The topological polar surface area (TPSA) is 50.9 Å². The van der Waals surface area contributed by atoms with Crippen LogP contribution in [0.2, 0.25) is 0 Å². The van der Waals surface area contributed by atoms with Crippen molar-refractivity contribution >= 4 is 43.8 Å². The van der Waals surface area contributed by atoms with Gasteiger partial charge < -0.3 is 11.1 Å². The van der Waals surface area contributed by atoms with Crippen molar-refractivity contribution in [3.63, 3.8) is 0 Å². The first kappa shape index (κ1) is 12.0. The Kier molecular flexibility index (Phi) is 3.09. The number of aromatic nitrogens is 1. The molecule has 1 aromatic heterocycles. The first-order chi connectivity index (χ1) is 9.24. The van der Waals surface area contributed by atoms with Crippen molar-refractivity contribution in [2.24, 2.45) is 0 Å². The van der Waals surface area contributed by atoms with Gasteiger partial charge >= 0.3 is 0 Å². The zero-order chi connectivity index (χ0) is 13.2. The van der Waals surface area contributed by atoms with Gasteiger partial charge in [-0.05, 0) is 42.5 Å². The van der Waals surface area contributed by atoms with Crippen LogP contribution < -0.4 is 11.1 Å². The zero-order valence-corrected chi connectivity index (χ0v) is 11.7. The number of anilines is 3.